The molecule has 0 spiro atoms. The molecule has 0 aromatic heterocycles. The Balaban J connectivity index is 0.000000851. The number of halogens is 2. The van der Waals surface area contributed by atoms with Gasteiger partial charge in [-0.1, -0.05) is 89.4 Å². The quantitative estimate of drug-likeness (QED) is 0.240. The second-order valence-corrected chi connectivity index (χ2v) is 18.9. The summed E-state index contributed by atoms with van der Waals surface area (Å²) in [5.74, 6) is 6.51. The van der Waals surface area contributed by atoms with E-state index >= 15 is 0 Å². The van der Waals surface area contributed by atoms with Crippen molar-refractivity contribution in [3.63, 3.8) is 0 Å². The summed E-state index contributed by atoms with van der Waals surface area (Å²) in [6.07, 6.45) is 19.3. The molecule has 4 heteroatoms. The van der Waals surface area contributed by atoms with Crippen molar-refractivity contribution in [3.8, 4) is 0 Å². The summed E-state index contributed by atoms with van der Waals surface area (Å²) in [5.41, 5.74) is 1.87. The second-order valence-electron chi connectivity index (χ2n) is 10.2. The zero-order valence-electron chi connectivity index (χ0n) is 20.1. The first-order valence-electron chi connectivity index (χ1n) is 10.9. The third-order valence-corrected chi connectivity index (χ3v) is 14.3. The van der Waals surface area contributed by atoms with Crippen LogP contribution in [0, 0.1) is 62.2 Å². The first-order valence-corrected chi connectivity index (χ1v) is 20.4. The standard InChI is InChI=1S/C24H36Si.2CH3.2ClH.Zr/c1-15-16(2)24(22-14-10-9-11-19(15)22)25(5,6)23-17(3)20-12-7-8-13-21(20)18(23)4;;;;;/h7-24H,1-6H3;2*1H3;2*1H;/q;2*-1;;;+4/p-2. The van der Waals surface area contributed by atoms with Crippen LogP contribution in [-0.2, 0) is 20.8 Å². The number of fused-ring (bicyclic) bond motifs is 2. The molecule has 9 atom stereocenters. The zero-order valence-corrected chi connectivity index (χ0v) is 25.1. The van der Waals surface area contributed by atoms with Crippen molar-refractivity contribution in [2.24, 2.45) is 47.3 Å². The van der Waals surface area contributed by atoms with Crippen LogP contribution in [0.5, 0.6) is 0 Å². The van der Waals surface area contributed by atoms with Gasteiger partial charge in [-0.25, -0.2) is 0 Å². The molecule has 0 aromatic carbocycles. The molecule has 2 fully saturated rings. The van der Waals surface area contributed by atoms with Crippen LogP contribution in [0.1, 0.15) is 27.7 Å². The SMILES string of the molecule is CC1C(C)C([Si](C)(C)C2C(C)C3C=CC=CC3C2C)C2C=CC=CC12.[CH3-].[CH3-].[Cl][Zr+2][Cl]. The Hall–Kier alpha value is 0.640. The van der Waals surface area contributed by atoms with Gasteiger partial charge in [0.1, 0.15) is 0 Å². The third-order valence-electron chi connectivity index (χ3n) is 8.93. The minimum absolute atomic E-state index is 0. The topological polar surface area (TPSA) is 0 Å². The molecule has 0 nitrogen and oxygen atoms in total. The second kappa shape index (κ2) is 11.7. The molecule has 0 heterocycles. The van der Waals surface area contributed by atoms with Crippen molar-refractivity contribution < 1.29 is 20.8 Å². The molecular formula is C26H42Cl2SiZr. The first kappa shape index (κ1) is 28.7. The van der Waals surface area contributed by atoms with E-state index in [0.29, 0.717) is 0 Å². The van der Waals surface area contributed by atoms with Crippen LogP contribution in [0.25, 0.3) is 0 Å². The van der Waals surface area contributed by atoms with E-state index in [1.54, 1.807) is 0 Å². The molecule has 0 bridgehead atoms. The van der Waals surface area contributed by atoms with Crippen LogP contribution < -0.4 is 0 Å². The number of hydrogen-bond acceptors (Lipinski definition) is 0. The van der Waals surface area contributed by atoms with Crippen LogP contribution in [-0.4, -0.2) is 8.07 Å². The Labute approximate surface area is 207 Å². The van der Waals surface area contributed by atoms with Gasteiger partial charge in [0.05, 0.1) is 8.07 Å². The van der Waals surface area contributed by atoms with Crippen LogP contribution >= 0.6 is 17.0 Å². The van der Waals surface area contributed by atoms with E-state index in [0.717, 1.165) is 58.4 Å². The fourth-order valence-electron chi connectivity index (χ4n) is 7.96. The summed E-state index contributed by atoms with van der Waals surface area (Å²) >= 11 is -0.826. The molecule has 0 aromatic rings. The van der Waals surface area contributed by atoms with Crippen molar-refractivity contribution in [3.05, 3.63) is 63.5 Å². The summed E-state index contributed by atoms with van der Waals surface area (Å²) in [5, 5.41) is 0. The van der Waals surface area contributed by atoms with Gasteiger partial charge in [-0.05, 0) is 58.4 Å². The summed E-state index contributed by atoms with van der Waals surface area (Å²) in [7, 11) is 8.45. The molecule has 9 unspecified atom stereocenters. The monoisotopic (exact) mass is 542 g/mol. The molecule has 30 heavy (non-hydrogen) atoms. The van der Waals surface area contributed by atoms with E-state index in [-0.39, 0.29) is 14.9 Å². The molecule has 4 aliphatic rings. The van der Waals surface area contributed by atoms with Gasteiger partial charge in [-0.15, -0.1) is 0 Å². The fourth-order valence-corrected chi connectivity index (χ4v) is 14.5. The maximum atomic E-state index is 4.93. The number of rotatable bonds is 2. The first-order chi connectivity index (χ1) is 13.3. The van der Waals surface area contributed by atoms with Crippen LogP contribution in [0.2, 0.25) is 24.2 Å². The molecule has 0 N–H and O–H groups in total. The number of hydrogen-bond donors (Lipinski definition) is 0. The van der Waals surface area contributed by atoms with Crippen molar-refractivity contribution >= 4 is 25.1 Å². The van der Waals surface area contributed by atoms with Gasteiger partial charge in [0.25, 0.3) is 0 Å². The van der Waals surface area contributed by atoms with Crippen LogP contribution in [0.3, 0.4) is 0 Å². The summed E-state index contributed by atoms with van der Waals surface area (Å²) in [4.78, 5) is 0. The minimum atomic E-state index is -1.42. The predicted octanol–water partition coefficient (Wildman–Crippen LogP) is 9.00. The molecule has 2 saturated carbocycles. The summed E-state index contributed by atoms with van der Waals surface area (Å²) in [6.45, 7) is 15.7. The van der Waals surface area contributed by atoms with Crippen LogP contribution in [0.15, 0.2) is 48.6 Å². The van der Waals surface area contributed by atoms with Crippen molar-refractivity contribution in [1.29, 1.82) is 0 Å². The van der Waals surface area contributed by atoms with Crippen molar-refractivity contribution in [2.75, 3.05) is 0 Å². The van der Waals surface area contributed by atoms with Gasteiger partial charge >= 0.3 is 37.9 Å². The maximum absolute atomic E-state index is 4.93. The van der Waals surface area contributed by atoms with E-state index in [1.165, 1.54) is 0 Å². The normalized spacial score (nSPS) is 42.8. The van der Waals surface area contributed by atoms with Gasteiger partial charge in [-0.2, -0.15) is 0 Å². The molecule has 168 valence electrons. The van der Waals surface area contributed by atoms with Crippen molar-refractivity contribution in [2.45, 2.75) is 51.9 Å². The van der Waals surface area contributed by atoms with Crippen LogP contribution in [0.4, 0.5) is 0 Å². The molecular weight excluding hydrogens is 503 g/mol. The Morgan fingerprint density at radius 1 is 0.567 bits per heavy atom. The van der Waals surface area contributed by atoms with E-state index in [1.807, 2.05) is 0 Å². The van der Waals surface area contributed by atoms with Gasteiger partial charge in [-0.3, -0.25) is 0 Å². The molecule has 0 amide bonds. The molecule has 0 aliphatic heterocycles. The van der Waals surface area contributed by atoms with Gasteiger partial charge in [0.2, 0.25) is 0 Å². The molecule has 4 aliphatic carbocycles. The Morgan fingerprint density at radius 2 is 0.900 bits per heavy atom. The Kier molecular flexibility index (Phi) is 11.2. The van der Waals surface area contributed by atoms with Gasteiger partial charge in [0, 0.05) is 0 Å². The fraction of sp³-hybridized carbons (Fsp3) is 0.615. The average molecular weight is 545 g/mol. The van der Waals surface area contributed by atoms with E-state index < -0.39 is 28.9 Å². The number of allylic oxidation sites excluding steroid dienone is 8. The van der Waals surface area contributed by atoms with E-state index in [4.69, 9.17) is 17.0 Å². The molecule has 4 rings (SSSR count). The van der Waals surface area contributed by atoms with Gasteiger partial charge < -0.3 is 14.9 Å². The summed E-state index contributed by atoms with van der Waals surface area (Å²) in [6, 6.07) is 0. The predicted molar refractivity (Wildman–Crippen MR) is 137 cm³/mol. The molecule has 0 radical (unpaired) electrons. The third kappa shape index (κ3) is 4.93. The zero-order chi connectivity index (χ0) is 20.6. The Bertz CT molecular complexity index is 644. The van der Waals surface area contributed by atoms with E-state index in [9.17, 15) is 0 Å². The average Bonchev–Trinajstić information content (AvgIpc) is 3.08. The van der Waals surface area contributed by atoms with E-state index in [2.05, 4.69) is 89.4 Å². The van der Waals surface area contributed by atoms with Crippen molar-refractivity contribution in [1.82, 2.24) is 0 Å². The molecule has 0 saturated heterocycles. The van der Waals surface area contributed by atoms with Gasteiger partial charge in [0.15, 0.2) is 0 Å². The Morgan fingerprint density at radius 3 is 1.30 bits per heavy atom. The summed E-state index contributed by atoms with van der Waals surface area (Å²) < 4.78 is 0.